The number of aliphatic carboxylic acids is 1. The second-order valence-electron chi connectivity index (χ2n) is 3.15. The average Bonchev–Trinajstić information content (AvgIpc) is 2.25. The maximum absolute atomic E-state index is 10.5. The van der Waals surface area contributed by atoms with Crippen molar-refractivity contribution in [1.29, 1.82) is 0 Å². The van der Waals surface area contributed by atoms with Crippen LogP contribution in [0, 0.1) is 0 Å². The first-order valence-corrected chi connectivity index (χ1v) is 6.33. The molecule has 0 unspecified atom stereocenters. The van der Waals surface area contributed by atoms with Crippen LogP contribution in [-0.4, -0.2) is 21.8 Å². The topological polar surface area (TPSA) is 50.2 Å². The number of carboxylic acids is 1. The minimum Gasteiger partial charge on any atom is -0.481 e. The van der Waals surface area contributed by atoms with Crippen molar-refractivity contribution in [3.05, 3.63) is 34.9 Å². The summed E-state index contributed by atoms with van der Waals surface area (Å²) >= 11 is 4.69. The molecule has 1 aromatic heterocycles. The van der Waals surface area contributed by atoms with Crippen molar-refractivity contribution in [3.63, 3.8) is 0 Å². The molecule has 5 heteroatoms. The van der Waals surface area contributed by atoms with Gasteiger partial charge in [-0.25, -0.2) is 0 Å². The summed E-state index contributed by atoms with van der Waals surface area (Å²) in [4.78, 5) is 15.7. The van der Waals surface area contributed by atoms with Crippen molar-refractivity contribution in [3.8, 4) is 0 Å². The number of hydrogen-bond donors (Lipinski definition) is 1. The molecule has 0 saturated carbocycles. The van der Waals surface area contributed by atoms with E-state index in [0.29, 0.717) is 0 Å². The Labute approximate surface area is 105 Å². The average molecular weight is 298 g/mol. The van der Waals surface area contributed by atoms with Gasteiger partial charge in [0.05, 0.1) is 11.3 Å². The maximum atomic E-state index is 10.5. The van der Waals surface area contributed by atoms with Gasteiger partial charge in [0.2, 0.25) is 0 Å². The highest BCUT2D eigenvalue weighted by Gasteiger charge is 2.05. The molecule has 3 nitrogen and oxygen atoms in total. The fourth-order valence-corrected chi connectivity index (χ4v) is 2.47. The Morgan fingerprint density at radius 1 is 1.44 bits per heavy atom. The molecule has 2 rings (SSSR count). The first kappa shape index (κ1) is 11.4. The smallest absolute Gasteiger partial charge is 0.313 e. The third-order valence-electron chi connectivity index (χ3n) is 2.02. The van der Waals surface area contributed by atoms with Gasteiger partial charge in [0, 0.05) is 21.0 Å². The van der Waals surface area contributed by atoms with Gasteiger partial charge in [0.1, 0.15) is 0 Å². The van der Waals surface area contributed by atoms with E-state index in [-0.39, 0.29) is 5.75 Å². The first-order valence-electron chi connectivity index (χ1n) is 4.55. The minimum atomic E-state index is -0.813. The predicted octanol–water partition coefficient (Wildman–Crippen LogP) is 3.17. The summed E-state index contributed by atoms with van der Waals surface area (Å²) in [7, 11) is 0. The molecule has 0 radical (unpaired) electrons. The summed E-state index contributed by atoms with van der Waals surface area (Å²) in [5, 5.41) is 9.63. The molecule has 0 saturated heterocycles. The molecule has 0 aliphatic rings. The number of pyridine rings is 1. The number of hydrogen-bond acceptors (Lipinski definition) is 3. The van der Waals surface area contributed by atoms with Crippen LogP contribution in [0.3, 0.4) is 0 Å². The minimum absolute atomic E-state index is 0.0647. The highest BCUT2D eigenvalue weighted by atomic mass is 79.9. The molecule has 2 aromatic rings. The number of halogens is 1. The molecule has 1 aromatic carbocycles. The highest BCUT2D eigenvalue weighted by Crippen LogP contribution is 2.28. The third-order valence-corrected chi connectivity index (χ3v) is 3.57. The third kappa shape index (κ3) is 2.54. The molecule has 16 heavy (non-hydrogen) atoms. The Morgan fingerprint density at radius 2 is 2.25 bits per heavy atom. The van der Waals surface area contributed by atoms with Gasteiger partial charge in [-0.3, -0.25) is 9.78 Å². The zero-order valence-corrected chi connectivity index (χ0v) is 10.6. The van der Waals surface area contributed by atoms with Crippen molar-refractivity contribution in [2.45, 2.75) is 4.90 Å². The number of nitrogens with zero attached hydrogens (tertiary/aromatic N) is 1. The fraction of sp³-hybridized carbons (Fsp3) is 0.0909. The fourth-order valence-electron chi connectivity index (χ4n) is 1.36. The van der Waals surface area contributed by atoms with Gasteiger partial charge in [-0.05, 0) is 18.2 Å². The maximum Gasteiger partial charge on any atom is 0.313 e. The number of fused-ring (bicyclic) bond motifs is 1. The number of carboxylic acid groups (broad SMARTS) is 1. The lowest BCUT2D eigenvalue weighted by molar-refractivity contribution is -0.133. The van der Waals surface area contributed by atoms with E-state index in [0.717, 1.165) is 20.3 Å². The quantitative estimate of drug-likeness (QED) is 0.884. The van der Waals surface area contributed by atoms with Crippen molar-refractivity contribution in [2.24, 2.45) is 0 Å². The largest absolute Gasteiger partial charge is 0.481 e. The van der Waals surface area contributed by atoms with Gasteiger partial charge < -0.3 is 5.11 Å². The van der Waals surface area contributed by atoms with Crippen LogP contribution in [0.25, 0.3) is 10.9 Å². The molecular formula is C11H8BrNO2S. The van der Waals surface area contributed by atoms with Crippen LogP contribution in [0.15, 0.2) is 39.8 Å². The van der Waals surface area contributed by atoms with Crippen LogP contribution in [0.5, 0.6) is 0 Å². The van der Waals surface area contributed by atoms with Gasteiger partial charge in [0.25, 0.3) is 0 Å². The monoisotopic (exact) mass is 297 g/mol. The molecule has 1 heterocycles. The van der Waals surface area contributed by atoms with Crippen molar-refractivity contribution >= 4 is 44.6 Å². The van der Waals surface area contributed by atoms with E-state index >= 15 is 0 Å². The molecule has 0 aliphatic heterocycles. The van der Waals surface area contributed by atoms with Crippen molar-refractivity contribution in [1.82, 2.24) is 4.98 Å². The Balaban J connectivity index is 2.41. The van der Waals surface area contributed by atoms with Crippen LogP contribution < -0.4 is 0 Å². The summed E-state index contributed by atoms with van der Waals surface area (Å²) < 4.78 is 0.966. The Bertz CT molecular complexity index is 544. The Kier molecular flexibility index (Phi) is 3.46. The van der Waals surface area contributed by atoms with Crippen LogP contribution in [0.1, 0.15) is 0 Å². The van der Waals surface area contributed by atoms with Gasteiger partial charge in [-0.15, -0.1) is 11.8 Å². The molecule has 1 N–H and O–H groups in total. The van der Waals surface area contributed by atoms with Crippen LogP contribution in [0.2, 0.25) is 0 Å². The standard InChI is InChI=1S/C11H8BrNO2S/c12-7-1-2-8-9(5-7)13-4-3-10(8)16-6-11(14)15/h1-5H,6H2,(H,14,15). The van der Waals surface area contributed by atoms with Gasteiger partial charge in [0.15, 0.2) is 0 Å². The predicted molar refractivity (Wildman–Crippen MR) is 67.8 cm³/mol. The molecule has 82 valence electrons. The number of aromatic nitrogens is 1. The number of rotatable bonds is 3. The van der Waals surface area contributed by atoms with E-state index in [1.54, 1.807) is 6.20 Å². The number of carbonyl (C=O) groups is 1. The normalized spacial score (nSPS) is 10.6. The lowest BCUT2D eigenvalue weighted by Gasteiger charge is -2.04. The van der Waals surface area contributed by atoms with E-state index < -0.39 is 5.97 Å². The SMILES string of the molecule is O=C(O)CSc1ccnc2cc(Br)ccc12. The zero-order valence-electron chi connectivity index (χ0n) is 8.18. The van der Waals surface area contributed by atoms with Crippen LogP contribution in [-0.2, 0) is 4.79 Å². The molecule has 0 amide bonds. The van der Waals surface area contributed by atoms with E-state index in [1.165, 1.54) is 11.8 Å². The van der Waals surface area contributed by atoms with Gasteiger partial charge in [-0.1, -0.05) is 22.0 Å². The summed E-state index contributed by atoms with van der Waals surface area (Å²) in [5.74, 6) is -0.748. The van der Waals surface area contributed by atoms with E-state index in [1.807, 2.05) is 24.3 Å². The Morgan fingerprint density at radius 3 is 3.00 bits per heavy atom. The molecule has 0 aliphatic carbocycles. The summed E-state index contributed by atoms with van der Waals surface area (Å²) in [6.07, 6.45) is 1.69. The number of thioether (sulfide) groups is 1. The lowest BCUT2D eigenvalue weighted by Crippen LogP contribution is -1.97. The molecular weight excluding hydrogens is 290 g/mol. The zero-order chi connectivity index (χ0) is 11.5. The van der Waals surface area contributed by atoms with Gasteiger partial charge >= 0.3 is 5.97 Å². The summed E-state index contributed by atoms with van der Waals surface area (Å²) in [5.41, 5.74) is 0.866. The van der Waals surface area contributed by atoms with Crippen molar-refractivity contribution < 1.29 is 9.90 Å². The lowest BCUT2D eigenvalue weighted by atomic mass is 10.2. The molecule has 0 atom stereocenters. The van der Waals surface area contributed by atoms with E-state index in [2.05, 4.69) is 20.9 Å². The van der Waals surface area contributed by atoms with E-state index in [9.17, 15) is 4.79 Å². The van der Waals surface area contributed by atoms with Crippen LogP contribution in [0.4, 0.5) is 0 Å². The second-order valence-corrected chi connectivity index (χ2v) is 5.09. The van der Waals surface area contributed by atoms with Crippen LogP contribution >= 0.6 is 27.7 Å². The second kappa shape index (κ2) is 4.84. The van der Waals surface area contributed by atoms with Gasteiger partial charge in [-0.2, -0.15) is 0 Å². The van der Waals surface area contributed by atoms with E-state index in [4.69, 9.17) is 5.11 Å². The highest BCUT2D eigenvalue weighted by molar-refractivity contribution is 9.10. The van der Waals surface area contributed by atoms with Crippen molar-refractivity contribution in [2.75, 3.05) is 5.75 Å². The Hall–Kier alpha value is -1.07. The summed E-state index contributed by atoms with van der Waals surface area (Å²) in [6.45, 7) is 0. The molecule has 0 bridgehead atoms. The molecule has 0 spiro atoms. The number of benzene rings is 1. The summed E-state index contributed by atoms with van der Waals surface area (Å²) in [6, 6.07) is 7.62. The first-order chi connectivity index (χ1) is 7.66. The molecule has 0 fully saturated rings.